The van der Waals surface area contributed by atoms with Crippen molar-refractivity contribution in [2.75, 3.05) is 0 Å². The Bertz CT molecular complexity index is 1030. The van der Waals surface area contributed by atoms with Crippen LogP contribution in [-0.2, 0) is 10.0 Å². The molecule has 2 aromatic heterocycles. The molecule has 0 aliphatic heterocycles. The number of hydrogen-bond donors (Lipinski definition) is 0. The molecule has 1 aromatic carbocycles. The molecule has 5 nitrogen and oxygen atoms in total. The molecule has 3 rings (SSSR count). The first kappa shape index (κ1) is 17.9. The molecule has 0 spiro atoms. The summed E-state index contributed by atoms with van der Waals surface area (Å²) in [6.45, 7) is 2.10. The minimum atomic E-state index is -3.77. The summed E-state index contributed by atoms with van der Waals surface area (Å²) in [6.07, 6.45) is 7.62. The molecule has 6 heteroatoms. The SMILES string of the molecule is CCCCC#Cc1cn(S(=O)(=O)c2ccccc2)nc1-c1cccnc1. The van der Waals surface area contributed by atoms with Gasteiger partial charge in [0.2, 0.25) is 0 Å². The molecule has 2 heterocycles. The third kappa shape index (κ3) is 3.84. The quantitative estimate of drug-likeness (QED) is 0.510. The van der Waals surface area contributed by atoms with Gasteiger partial charge >= 0.3 is 0 Å². The zero-order valence-electron chi connectivity index (χ0n) is 14.5. The van der Waals surface area contributed by atoms with Crippen LogP contribution in [0.4, 0.5) is 0 Å². The molecule has 0 atom stereocenters. The second kappa shape index (κ2) is 7.98. The van der Waals surface area contributed by atoms with Crippen LogP contribution in [0.25, 0.3) is 11.3 Å². The minimum absolute atomic E-state index is 0.186. The van der Waals surface area contributed by atoms with Crippen LogP contribution >= 0.6 is 0 Å². The Morgan fingerprint density at radius 1 is 1.12 bits per heavy atom. The van der Waals surface area contributed by atoms with Crippen LogP contribution in [0.15, 0.2) is 66.0 Å². The number of rotatable bonds is 5. The molecule has 0 aliphatic rings. The van der Waals surface area contributed by atoms with Gasteiger partial charge in [0, 0.05) is 24.4 Å². The van der Waals surface area contributed by atoms with Crippen molar-refractivity contribution in [2.24, 2.45) is 0 Å². The summed E-state index contributed by atoms with van der Waals surface area (Å²) in [5.74, 6) is 6.16. The molecule has 0 unspecified atom stereocenters. The number of benzene rings is 1. The fourth-order valence-corrected chi connectivity index (χ4v) is 3.56. The van der Waals surface area contributed by atoms with E-state index < -0.39 is 10.0 Å². The average Bonchev–Trinajstić information content (AvgIpc) is 3.12. The van der Waals surface area contributed by atoms with Gasteiger partial charge in [-0.3, -0.25) is 4.98 Å². The predicted octanol–water partition coefficient (Wildman–Crippen LogP) is 3.72. The van der Waals surface area contributed by atoms with Gasteiger partial charge in [-0.25, -0.2) is 0 Å². The molecule has 0 amide bonds. The maximum absolute atomic E-state index is 12.8. The Kier molecular flexibility index (Phi) is 5.49. The normalized spacial score (nSPS) is 11.0. The van der Waals surface area contributed by atoms with Crippen molar-refractivity contribution < 1.29 is 8.42 Å². The first-order valence-electron chi connectivity index (χ1n) is 8.42. The second-order valence-electron chi connectivity index (χ2n) is 5.73. The monoisotopic (exact) mass is 365 g/mol. The molecule has 0 saturated heterocycles. The number of unbranched alkanes of at least 4 members (excludes halogenated alkanes) is 2. The summed E-state index contributed by atoms with van der Waals surface area (Å²) in [5.41, 5.74) is 1.82. The summed E-state index contributed by atoms with van der Waals surface area (Å²) in [5, 5.41) is 4.31. The van der Waals surface area contributed by atoms with E-state index in [-0.39, 0.29) is 4.90 Å². The largest absolute Gasteiger partial charge is 0.282 e. The zero-order valence-corrected chi connectivity index (χ0v) is 15.3. The van der Waals surface area contributed by atoms with E-state index in [1.807, 2.05) is 6.07 Å². The molecule has 0 aliphatic carbocycles. The lowest BCUT2D eigenvalue weighted by molar-refractivity contribution is 0.580. The molecule has 3 aromatic rings. The minimum Gasteiger partial charge on any atom is -0.264 e. The highest BCUT2D eigenvalue weighted by Gasteiger charge is 2.21. The van der Waals surface area contributed by atoms with Crippen molar-refractivity contribution in [2.45, 2.75) is 31.1 Å². The van der Waals surface area contributed by atoms with Gasteiger partial charge in [0.25, 0.3) is 10.0 Å². The molecule has 0 radical (unpaired) electrons. The molecule has 132 valence electrons. The zero-order chi connectivity index (χ0) is 18.4. The van der Waals surface area contributed by atoms with E-state index in [0.717, 1.165) is 28.9 Å². The Balaban J connectivity index is 2.08. The van der Waals surface area contributed by atoms with Crippen LogP contribution in [0.2, 0.25) is 0 Å². The van der Waals surface area contributed by atoms with Gasteiger partial charge in [0.05, 0.1) is 16.7 Å². The highest BCUT2D eigenvalue weighted by Crippen LogP contribution is 2.23. The third-order valence-corrected chi connectivity index (χ3v) is 5.34. The van der Waals surface area contributed by atoms with Crippen molar-refractivity contribution >= 4 is 10.0 Å². The second-order valence-corrected chi connectivity index (χ2v) is 7.52. The van der Waals surface area contributed by atoms with Crippen LogP contribution in [0, 0.1) is 11.8 Å². The van der Waals surface area contributed by atoms with Crippen LogP contribution in [0.1, 0.15) is 31.7 Å². The standard InChI is InChI=1S/C20H19N3O2S/c1-2-3-4-6-10-18-16-23(22-20(18)17-11-9-14-21-15-17)26(24,25)19-12-7-5-8-13-19/h5,7-9,11-16H,2-4H2,1H3. The van der Waals surface area contributed by atoms with E-state index in [1.165, 1.54) is 6.20 Å². The maximum atomic E-state index is 12.8. The molecule has 26 heavy (non-hydrogen) atoms. The van der Waals surface area contributed by atoms with E-state index in [0.29, 0.717) is 11.3 Å². The fourth-order valence-electron chi connectivity index (χ4n) is 2.41. The van der Waals surface area contributed by atoms with Gasteiger partial charge in [-0.2, -0.15) is 17.6 Å². The lowest BCUT2D eigenvalue weighted by Gasteiger charge is -2.03. The van der Waals surface area contributed by atoms with Crippen molar-refractivity contribution in [1.29, 1.82) is 0 Å². The lowest BCUT2D eigenvalue weighted by Crippen LogP contribution is -2.13. The number of aromatic nitrogens is 3. The summed E-state index contributed by atoms with van der Waals surface area (Å²) in [4.78, 5) is 4.28. The molecular weight excluding hydrogens is 346 g/mol. The van der Waals surface area contributed by atoms with E-state index in [9.17, 15) is 8.42 Å². The summed E-state index contributed by atoms with van der Waals surface area (Å²) >= 11 is 0. The van der Waals surface area contributed by atoms with Gasteiger partial charge in [0.15, 0.2) is 0 Å². The summed E-state index contributed by atoms with van der Waals surface area (Å²) < 4.78 is 26.7. The highest BCUT2D eigenvalue weighted by atomic mass is 32.2. The van der Waals surface area contributed by atoms with Crippen molar-refractivity contribution in [3.63, 3.8) is 0 Å². The van der Waals surface area contributed by atoms with Crippen molar-refractivity contribution in [1.82, 2.24) is 14.2 Å². The van der Waals surface area contributed by atoms with Crippen LogP contribution in [-0.4, -0.2) is 22.6 Å². The molecule has 0 bridgehead atoms. The van der Waals surface area contributed by atoms with Crippen LogP contribution < -0.4 is 0 Å². The Hall–Kier alpha value is -2.91. The van der Waals surface area contributed by atoms with Gasteiger partial charge in [0.1, 0.15) is 5.69 Å². The molecule has 0 saturated carbocycles. The van der Waals surface area contributed by atoms with Gasteiger partial charge in [-0.1, -0.05) is 43.4 Å². The molecular formula is C20H19N3O2S. The first-order chi connectivity index (χ1) is 12.6. The van der Waals surface area contributed by atoms with E-state index in [2.05, 4.69) is 28.8 Å². The van der Waals surface area contributed by atoms with E-state index in [4.69, 9.17) is 0 Å². The number of hydrogen-bond acceptors (Lipinski definition) is 4. The Morgan fingerprint density at radius 2 is 1.92 bits per heavy atom. The van der Waals surface area contributed by atoms with E-state index in [1.54, 1.807) is 48.8 Å². The fraction of sp³-hybridized carbons (Fsp3) is 0.200. The molecule has 0 N–H and O–H groups in total. The smallest absolute Gasteiger partial charge is 0.264 e. The molecule has 0 fully saturated rings. The maximum Gasteiger partial charge on any atom is 0.282 e. The average molecular weight is 365 g/mol. The Morgan fingerprint density at radius 3 is 2.62 bits per heavy atom. The summed E-state index contributed by atoms with van der Waals surface area (Å²) in [7, 11) is -3.77. The Labute approximate surface area is 153 Å². The number of pyridine rings is 1. The topological polar surface area (TPSA) is 64.8 Å². The predicted molar refractivity (Wildman–Crippen MR) is 101 cm³/mol. The van der Waals surface area contributed by atoms with Crippen LogP contribution in [0.3, 0.4) is 0 Å². The van der Waals surface area contributed by atoms with Gasteiger partial charge < -0.3 is 0 Å². The third-order valence-electron chi connectivity index (χ3n) is 3.79. The first-order valence-corrected chi connectivity index (χ1v) is 9.86. The van der Waals surface area contributed by atoms with Crippen LogP contribution in [0.5, 0.6) is 0 Å². The highest BCUT2D eigenvalue weighted by molar-refractivity contribution is 7.89. The van der Waals surface area contributed by atoms with E-state index >= 15 is 0 Å². The summed E-state index contributed by atoms with van der Waals surface area (Å²) in [6, 6.07) is 11.9. The van der Waals surface area contributed by atoms with Gasteiger partial charge in [-0.15, -0.1) is 0 Å². The van der Waals surface area contributed by atoms with Crippen molar-refractivity contribution in [3.05, 3.63) is 66.6 Å². The van der Waals surface area contributed by atoms with Gasteiger partial charge in [-0.05, 0) is 30.7 Å². The van der Waals surface area contributed by atoms with Crippen molar-refractivity contribution in [3.8, 4) is 23.1 Å². The number of nitrogens with zero attached hydrogens (tertiary/aromatic N) is 3. The lowest BCUT2D eigenvalue weighted by atomic mass is 10.1.